The summed E-state index contributed by atoms with van der Waals surface area (Å²) in [6, 6.07) is 1.56. The van der Waals surface area contributed by atoms with Gasteiger partial charge in [-0.25, -0.2) is 9.48 Å². The number of ether oxygens (including phenoxy) is 1. The maximum Gasteiger partial charge on any atom is 0.490 e. The van der Waals surface area contributed by atoms with Crippen molar-refractivity contribution in [1.29, 1.82) is 0 Å². The average Bonchev–Trinajstić information content (AvgIpc) is 3.27. The predicted octanol–water partition coefficient (Wildman–Crippen LogP) is 0.219. The second kappa shape index (κ2) is 12.4. The molecule has 3 rings (SSSR count). The van der Waals surface area contributed by atoms with E-state index in [9.17, 15) is 22.8 Å². The second-order valence-electron chi connectivity index (χ2n) is 7.47. The number of carboxylic acid groups (broad SMARTS) is 1. The first-order valence-electron chi connectivity index (χ1n) is 10.3. The van der Waals surface area contributed by atoms with Crippen LogP contribution in [0.5, 0.6) is 0 Å². The van der Waals surface area contributed by atoms with Crippen LogP contribution in [0.1, 0.15) is 19.3 Å². The Bertz CT molecular complexity index is 805. The van der Waals surface area contributed by atoms with E-state index in [1.807, 2.05) is 0 Å². The smallest absolute Gasteiger partial charge is 0.475 e. The van der Waals surface area contributed by atoms with Crippen molar-refractivity contribution in [2.24, 2.45) is 5.92 Å². The first kappa shape index (κ1) is 25.6. The number of hydrogen-bond acceptors (Lipinski definition) is 7. The van der Waals surface area contributed by atoms with Gasteiger partial charge in [-0.2, -0.15) is 18.3 Å². The topological polar surface area (TPSA) is 126 Å². The van der Waals surface area contributed by atoms with E-state index >= 15 is 0 Å². The lowest BCUT2D eigenvalue weighted by atomic mass is 10.0. The minimum absolute atomic E-state index is 0.0345. The Labute approximate surface area is 182 Å². The molecule has 2 aliphatic heterocycles. The number of nitrogens with one attached hydrogen (secondary N) is 2. The van der Waals surface area contributed by atoms with Crippen LogP contribution in [-0.2, 0) is 20.9 Å². The molecule has 1 aromatic rings. The number of amides is 1. The molecule has 0 spiro atoms. The molecule has 0 saturated carbocycles. The summed E-state index contributed by atoms with van der Waals surface area (Å²) in [5, 5.41) is 17.4. The number of aromatic nitrogens is 2. The SMILES string of the molecule is O=C(Cn1ncc(N2CCNCC2)cc1=O)NCCCC1CCOC1.O=C(O)C(F)(F)F. The first-order chi connectivity index (χ1) is 15.2. The summed E-state index contributed by atoms with van der Waals surface area (Å²) in [6.45, 7) is 5.81. The second-order valence-corrected chi connectivity index (χ2v) is 7.47. The Hall–Kier alpha value is -2.67. The maximum atomic E-state index is 12.2. The van der Waals surface area contributed by atoms with Gasteiger partial charge >= 0.3 is 12.1 Å². The highest BCUT2D eigenvalue weighted by atomic mass is 19.4. The number of carbonyl (C=O) groups is 2. The number of hydrogen-bond donors (Lipinski definition) is 3. The molecule has 3 N–H and O–H groups in total. The summed E-state index contributed by atoms with van der Waals surface area (Å²) >= 11 is 0. The third kappa shape index (κ3) is 8.83. The Morgan fingerprint density at radius 2 is 2.00 bits per heavy atom. The average molecular weight is 463 g/mol. The van der Waals surface area contributed by atoms with Gasteiger partial charge in [0.25, 0.3) is 5.56 Å². The summed E-state index contributed by atoms with van der Waals surface area (Å²) in [6.07, 6.45) is -0.297. The van der Waals surface area contributed by atoms with Gasteiger partial charge in [0.15, 0.2) is 0 Å². The number of halogens is 3. The van der Waals surface area contributed by atoms with E-state index in [2.05, 4.69) is 20.6 Å². The van der Waals surface area contributed by atoms with Crippen molar-refractivity contribution in [3.8, 4) is 0 Å². The van der Waals surface area contributed by atoms with E-state index in [-0.39, 0.29) is 18.0 Å². The molecule has 3 heterocycles. The molecule has 2 aliphatic rings. The molecule has 2 saturated heterocycles. The van der Waals surface area contributed by atoms with Gasteiger partial charge in [0.05, 0.1) is 11.9 Å². The van der Waals surface area contributed by atoms with Gasteiger partial charge in [0.1, 0.15) is 6.54 Å². The summed E-state index contributed by atoms with van der Waals surface area (Å²) in [4.78, 5) is 35.2. The van der Waals surface area contributed by atoms with E-state index in [0.29, 0.717) is 12.5 Å². The monoisotopic (exact) mass is 463 g/mol. The molecule has 2 fully saturated rings. The van der Waals surface area contributed by atoms with Crippen LogP contribution >= 0.6 is 0 Å². The van der Waals surface area contributed by atoms with Crippen LogP contribution in [0.2, 0.25) is 0 Å². The van der Waals surface area contributed by atoms with Crippen LogP contribution in [-0.4, -0.2) is 78.9 Å². The minimum Gasteiger partial charge on any atom is -0.475 e. The molecule has 13 heteroatoms. The lowest BCUT2D eigenvalue weighted by Crippen LogP contribution is -2.44. The highest BCUT2D eigenvalue weighted by molar-refractivity contribution is 5.75. The quantitative estimate of drug-likeness (QED) is 0.491. The molecule has 0 aliphatic carbocycles. The molecule has 10 nitrogen and oxygen atoms in total. The number of alkyl halides is 3. The Balaban J connectivity index is 0.000000451. The molecule has 0 aromatic carbocycles. The van der Waals surface area contributed by atoms with Crippen LogP contribution in [0.25, 0.3) is 0 Å². The van der Waals surface area contributed by atoms with Crippen molar-refractivity contribution in [3.63, 3.8) is 0 Å². The van der Waals surface area contributed by atoms with E-state index in [1.165, 1.54) is 4.68 Å². The fourth-order valence-electron chi connectivity index (χ4n) is 3.26. The summed E-state index contributed by atoms with van der Waals surface area (Å²) in [7, 11) is 0. The minimum atomic E-state index is -5.08. The van der Waals surface area contributed by atoms with Gasteiger partial charge in [-0.15, -0.1) is 0 Å². The number of aliphatic carboxylic acids is 1. The fourth-order valence-corrected chi connectivity index (χ4v) is 3.26. The zero-order valence-electron chi connectivity index (χ0n) is 17.6. The van der Waals surface area contributed by atoms with Crippen molar-refractivity contribution in [2.75, 3.05) is 50.8 Å². The number of anilines is 1. The van der Waals surface area contributed by atoms with Gasteiger partial charge in [-0.05, 0) is 25.2 Å². The Morgan fingerprint density at radius 3 is 2.56 bits per heavy atom. The van der Waals surface area contributed by atoms with Crippen molar-refractivity contribution < 1.29 is 32.6 Å². The largest absolute Gasteiger partial charge is 0.490 e. The molecule has 1 amide bonds. The highest BCUT2D eigenvalue weighted by Gasteiger charge is 2.38. The molecule has 0 bridgehead atoms. The molecule has 32 heavy (non-hydrogen) atoms. The lowest BCUT2D eigenvalue weighted by Gasteiger charge is -2.28. The van der Waals surface area contributed by atoms with E-state index in [0.717, 1.165) is 64.3 Å². The Kier molecular flexibility index (Phi) is 9.91. The maximum absolute atomic E-state index is 12.2. The fraction of sp³-hybridized carbons (Fsp3) is 0.684. The van der Waals surface area contributed by atoms with Crippen LogP contribution in [0.4, 0.5) is 18.9 Å². The molecule has 1 atom stereocenters. The number of piperazine rings is 1. The zero-order chi connectivity index (χ0) is 23.6. The van der Waals surface area contributed by atoms with Crippen LogP contribution in [0, 0.1) is 5.92 Å². The summed E-state index contributed by atoms with van der Waals surface area (Å²) in [5.41, 5.74) is 0.580. The van der Waals surface area contributed by atoms with Gasteiger partial charge in [0.2, 0.25) is 5.91 Å². The normalized spacial score (nSPS) is 18.6. The third-order valence-corrected chi connectivity index (χ3v) is 5.01. The first-order valence-corrected chi connectivity index (χ1v) is 10.3. The van der Waals surface area contributed by atoms with Crippen molar-refractivity contribution in [1.82, 2.24) is 20.4 Å². The lowest BCUT2D eigenvalue weighted by molar-refractivity contribution is -0.192. The van der Waals surface area contributed by atoms with Gasteiger partial charge in [-0.1, -0.05) is 0 Å². The molecule has 1 unspecified atom stereocenters. The molecule has 180 valence electrons. The molecule has 0 radical (unpaired) electrons. The van der Waals surface area contributed by atoms with Crippen LogP contribution in [0.3, 0.4) is 0 Å². The molecule has 1 aromatic heterocycles. The third-order valence-electron chi connectivity index (χ3n) is 5.01. The Morgan fingerprint density at radius 1 is 1.31 bits per heavy atom. The number of rotatable bonds is 7. The van der Waals surface area contributed by atoms with Crippen molar-refractivity contribution in [3.05, 3.63) is 22.6 Å². The number of carbonyl (C=O) groups excluding carboxylic acids is 1. The summed E-state index contributed by atoms with van der Waals surface area (Å²) < 4.78 is 38.3. The highest BCUT2D eigenvalue weighted by Crippen LogP contribution is 2.17. The van der Waals surface area contributed by atoms with Gasteiger partial charge in [-0.3, -0.25) is 9.59 Å². The molecular formula is C19H28F3N5O5. The van der Waals surface area contributed by atoms with Crippen LogP contribution in [0.15, 0.2) is 17.1 Å². The van der Waals surface area contributed by atoms with E-state index in [4.69, 9.17) is 14.6 Å². The van der Waals surface area contributed by atoms with Crippen molar-refractivity contribution in [2.45, 2.75) is 32.0 Å². The molecular weight excluding hydrogens is 435 g/mol. The van der Waals surface area contributed by atoms with E-state index in [1.54, 1.807) is 12.3 Å². The van der Waals surface area contributed by atoms with Gasteiger partial charge < -0.3 is 25.4 Å². The van der Waals surface area contributed by atoms with E-state index < -0.39 is 12.1 Å². The number of carboxylic acids is 1. The van der Waals surface area contributed by atoms with Crippen molar-refractivity contribution >= 4 is 17.6 Å². The van der Waals surface area contributed by atoms with Gasteiger partial charge in [0, 0.05) is 52.0 Å². The summed E-state index contributed by atoms with van der Waals surface area (Å²) in [5.74, 6) is -2.31. The predicted molar refractivity (Wildman–Crippen MR) is 108 cm³/mol. The zero-order valence-corrected chi connectivity index (χ0v) is 17.6. The standard InChI is InChI=1S/C17H27N5O3.C2HF3O2/c23-16(19-4-1-2-14-3-9-25-13-14)12-22-17(24)10-15(11-20-22)21-7-5-18-6-8-21;3-2(4,5)1(6)7/h10-11,14,18H,1-9,12-13H2,(H,19,23);(H,6,7). The number of nitrogens with zero attached hydrogens (tertiary/aromatic N) is 3. The van der Waals surface area contributed by atoms with Crippen LogP contribution < -0.4 is 21.1 Å².